The minimum absolute atomic E-state index is 0.374. The molecule has 0 aromatic heterocycles. The predicted molar refractivity (Wildman–Crippen MR) is 75.1 cm³/mol. The first-order chi connectivity index (χ1) is 9.06. The van der Waals surface area contributed by atoms with Crippen molar-refractivity contribution in [2.75, 3.05) is 26.2 Å². The van der Waals surface area contributed by atoms with Gasteiger partial charge in [-0.15, -0.1) is 0 Å². The first-order valence-corrected chi connectivity index (χ1v) is 6.81. The minimum atomic E-state index is -0.730. The van der Waals surface area contributed by atoms with E-state index in [1.165, 1.54) is 11.1 Å². The fourth-order valence-corrected chi connectivity index (χ4v) is 2.53. The lowest BCUT2D eigenvalue weighted by atomic mass is 10.1. The highest BCUT2D eigenvalue weighted by Crippen LogP contribution is 2.11. The number of aliphatic carboxylic acids is 1. The SMILES string of the molecule is Cc1cccc(CN2CCN([C@@H](C)C(=O)O)CC2)c1. The van der Waals surface area contributed by atoms with Crippen LogP contribution in [0.15, 0.2) is 24.3 Å². The summed E-state index contributed by atoms with van der Waals surface area (Å²) in [5.41, 5.74) is 2.62. The Morgan fingerprint density at radius 1 is 1.32 bits per heavy atom. The molecule has 1 N–H and O–H groups in total. The molecule has 0 unspecified atom stereocenters. The average molecular weight is 262 g/mol. The maximum Gasteiger partial charge on any atom is 0.320 e. The maximum atomic E-state index is 11.0. The fourth-order valence-electron chi connectivity index (χ4n) is 2.53. The smallest absolute Gasteiger partial charge is 0.320 e. The van der Waals surface area contributed by atoms with Gasteiger partial charge >= 0.3 is 5.97 Å². The van der Waals surface area contributed by atoms with Crippen molar-refractivity contribution in [1.82, 2.24) is 9.80 Å². The zero-order valence-corrected chi connectivity index (χ0v) is 11.7. The van der Waals surface area contributed by atoms with E-state index in [4.69, 9.17) is 5.11 Å². The van der Waals surface area contributed by atoms with Crippen LogP contribution in [0.3, 0.4) is 0 Å². The van der Waals surface area contributed by atoms with Crippen molar-refractivity contribution >= 4 is 5.97 Å². The summed E-state index contributed by atoms with van der Waals surface area (Å²) < 4.78 is 0. The van der Waals surface area contributed by atoms with Gasteiger partial charge in [0.25, 0.3) is 0 Å². The van der Waals surface area contributed by atoms with Gasteiger partial charge in [-0.3, -0.25) is 14.6 Å². The number of carboxylic acids is 1. The summed E-state index contributed by atoms with van der Waals surface area (Å²) in [6.45, 7) is 8.36. The summed E-state index contributed by atoms with van der Waals surface area (Å²) in [5.74, 6) is -0.730. The summed E-state index contributed by atoms with van der Waals surface area (Å²) in [5, 5.41) is 9.01. The normalized spacial score (nSPS) is 19.3. The number of hydrogen-bond donors (Lipinski definition) is 1. The predicted octanol–water partition coefficient (Wildman–Crippen LogP) is 1.59. The zero-order valence-electron chi connectivity index (χ0n) is 11.7. The number of benzene rings is 1. The van der Waals surface area contributed by atoms with Crippen LogP contribution in [0.2, 0.25) is 0 Å². The Labute approximate surface area is 114 Å². The first kappa shape index (κ1) is 14.0. The molecule has 4 heteroatoms. The van der Waals surface area contributed by atoms with Crippen LogP contribution in [0.5, 0.6) is 0 Å². The van der Waals surface area contributed by atoms with Gasteiger partial charge in [0.2, 0.25) is 0 Å². The Kier molecular flexibility index (Phi) is 4.56. The molecule has 19 heavy (non-hydrogen) atoms. The molecule has 0 radical (unpaired) electrons. The molecule has 1 saturated heterocycles. The van der Waals surface area contributed by atoms with Gasteiger partial charge < -0.3 is 5.11 Å². The number of aryl methyl sites for hydroxylation is 1. The van der Waals surface area contributed by atoms with E-state index in [9.17, 15) is 4.79 Å². The molecule has 2 rings (SSSR count). The van der Waals surface area contributed by atoms with E-state index in [0.717, 1.165) is 32.7 Å². The lowest BCUT2D eigenvalue weighted by Crippen LogP contribution is -2.51. The molecule has 0 bridgehead atoms. The van der Waals surface area contributed by atoms with Crippen molar-refractivity contribution in [1.29, 1.82) is 0 Å². The number of piperazine rings is 1. The summed E-state index contributed by atoms with van der Waals surface area (Å²) in [4.78, 5) is 15.4. The molecule has 1 aromatic carbocycles. The van der Waals surface area contributed by atoms with Crippen LogP contribution in [0.25, 0.3) is 0 Å². The second-order valence-electron chi connectivity index (χ2n) is 5.32. The molecule has 1 aliphatic heterocycles. The van der Waals surface area contributed by atoms with E-state index in [-0.39, 0.29) is 6.04 Å². The van der Waals surface area contributed by atoms with Gasteiger partial charge in [0.15, 0.2) is 0 Å². The molecule has 104 valence electrons. The van der Waals surface area contributed by atoms with Crippen LogP contribution in [-0.2, 0) is 11.3 Å². The van der Waals surface area contributed by atoms with Crippen molar-refractivity contribution in [3.63, 3.8) is 0 Å². The molecule has 0 aliphatic carbocycles. The Morgan fingerprint density at radius 3 is 2.58 bits per heavy atom. The van der Waals surface area contributed by atoms with E-state index in [0.29, 0.717) is 0 Å². The topological polar surface area (TPSA) is 43.8 Å². The Morgan fingerprint density at radius 2 is 2.00 bits per heavy atom. The largest absolute Gasteiger partial charge is 0.480 e. The van der Waals surface area contributed by atoms with Crippen LogP contribution < -0.4 is 0 Å². The van der Waals surface area contributed by atoms with Gasteiger partial charge in [-0.05, 0) is 19.4 Å². The molecular weight excluding hydrogens is 240 g/mol. The summed E-state index contributed by atoms with van der Waals surface area (Å²) in [6, 6.07) is 8.19. The third kappa shape index (κ3) is 3.78. The molecule has 1 atom stereocenters. The van der Waals surface area contributed by atoms with E-state index in [2.05, 4.69) is 36.1 Å². The van der Waals surface area contributed by atoms with Crippen LogP contribution in [0, 0.1) is 6.92 Å². The van der Waals surface area contributed by atoms with Crippen LogP contribution >= 0.6 is 0 Å². The molecule has 0 saturated carbocycles. The average Bonchev–Trinajstić information content (AvgIpc) is 2.39. The van der Waals surface area contributed by atoms with E-state index >= 15 is 0 Å². The van der Waals surface area contributed by atoms with Gasteiger partial charge in [-0.25, -0.2) is 0 Å². The Balaban J connectivity index is 1.85. The number of rotatable bonds is 4. The highest BCUT2D eigenvalue weighted by molar-refractivity contribution is 5.72. The second-order valence-corrected chi connectivity index (χ2v) is 5.32. The van der Waals surface area contributed by atoms with Gasteiger partial charge in [0, 0.05) is 32.7 Å². The highest BCUT2D eigenvalue weighted by atomic mass is 16.4. The fraction of sp³-hybridized carbons (Fsp3) is 0.533. The van der Waals surface area contributed by atoms with Crippen molar-refractivity contribution in [2.45, 2.75) is 26.4 Å². The molecule has 4 nitrogen and oxygen atoms in total. The number of hydrogen-bond acceptors (Lipinski definition) is 3. The summed E-state index contributed by atoms with van der Waals surface area (Å²) in [7, 11) is 0. The van der Waals surface area contributed by atoms with Crippen molar-refractivity contribution in [3.05, 3.63) is 35.4 Å². The second kappa shape index (κ2) is 6.17. The van der Waals surface area contributed by atoms with E-state index in [1.807, 2.05) is 4.90 Å². The van der Waals surface area contributed by atoms with Crippen LogP contribution in [-0.4, -0.2) is 53.1 Å². The summed E-state index contributed by atoms with van der Waals surface area (Å²) >= 11 is 0. The van der Waals surface area contributed by atoms with Crippen LogP contribution in [0.4, 0.5) is 0 Å². The molecule has 1 heterocycles. The Bertz CT molecular complexity index is 440. The van der Waals surface area contributed by atoms with E-state index < -0.39 is 5.97 Å². The lowest BCUT2D eigenvalue weighted by Gasteiger charge is -2.36. The molecule has 0 spiro atoms. The number of nitrogens with zero attached hydrogens (tertiary/aromatic N) is 2. The monoisotopic (exact) mass is 262 g/mol. The lowest BCUT2D eigenvalue weighted by molar-refractivity contribution is -0.143. The quantitative estimate of drug-likeness (QED) is 0.895. The van der Waals surface area contributed by atoms with Gasteiger partial charge in [-0.2, -0.15) is 0 Å². The van der Waals surface area contributed by atoms with Gasteiger partial charge in [0.1, 0.15) is 6.04 Å². The van der Waals surface area contributed by atoms with Gasteiger partial charge in [-0.1, -0.05) is 29.8 Å². The number of carboxylic acid groups (broad SMARTS) is 1. The van der Waals surface area contributed by atoms with E-state index in [1.54, 1.807) is 6.92 Å². The molecule has 0 amide bonds. The van der Waals surface area contributed by atoms with Crippen LogP contribution in [0.1, 0.15) is 18.1 Å². The maximum absolute atomic E-state index is 11.0. The first-order valence-electron chi connectivity index (χ1n) is 6.81. The van der Waals surface area contributed by atoms with Crippen molar-refractivity contribution in [3.8, 4) is 0 Å². The third-order valence-electron chi connectivity index (χ3n) is 3.80. The molecular formula is C15H22N2O2. The van der Waals surface area contributed by atoms with Crippen molar-refractivity contribution < 1.29 is 9.90 Å². The molecule has 1 aromatic rings. The minimum Gasteiger partial charge on any atom is -0.480 e. The third-order valence-corrected chi connectivity index (χ3v) is 3.80. The highest BCUT2D eigenvalue weighted by Gasteiger charge is 2.24. The molecule has 1 fully saturated rings. The Hall–Kier alpha value is -1.39. The standard InChI is InChI=1S/C15H22N2O2/c1-12-4-3-5-14(10-12)11-16-6-8-17(9-7-16)13(2)15(18)19/h3-5,10,13H,6-9,11H2,1-2H3,(H,18,19)/t13-/m0/s1. The summed E-state index contributed by atoms with van der Waals surface area (Å²) in [6.07, 6.45) is 0. The van der Waals surface area contributed by atoms with Gasteiger partial charge in [0.05, 0.1) is 0 Å². The molecule has 1 aliphatic rings. The number of carbonyl (C=O) groups is 1. The van der Waals surface area contributed by atoms with Crippen molar-refractivity contribution in [2.24, 2.45) is 0 Å². The zero-order chi connectivity index (χ0) is 13.8.